The maximum absolute atomic E-state index is 14.2. The Balaban J connectivity index is 2.42. The van der Waals surface area contributed by atoms with Crippen molar-refractivity contribution in [2.75, 3.05) is 19.8 Å². The van der Waals surface area contributed by atoms with Crippen LogP contribution < -0.4 is 11.1 Å². The van der Waals surface area contributed by atoms with Crippen LogP contribution in [-0.4, -0.2) is 61.1 Å². The molecule has 35 heavy (non-hydrogen) atoms. The van der Waals surface area contributed by atoms with Gasteiger partial charge in [0.05, 0.1) is 19.3 Å². The molecule has 0 aromatic rings. The SMILES string of the molecule is CCOC(=O)C(C(=O)OCC)(C(=O)[C@H]1NCCC1C1CCCCC1)C(N)CCC(=O)OC(C)(C)C. The van der Waals surface area contributed by atoms with E-state index in [1.165, 1.54) is 6.42 Å². The first-order valence-corrected chi connectivity index (χ1v) is 13.1. The highest BCUT2D eigenvalue weighted by atomic mass is 16.6. The lowest BCUT2D eigenvalue weighted by molar-refractivity contribution is -0.178. The van der Waals surface area contributed by atoms with E-state index in [4.69, 9.17) is 19.9 Å². The molecule has 1 heterocycles. The summed E-state index contributed by atoms with van der Waals surface area (Å²) < 4.78 is 15.9. The molecular weight excluding hydrogens is 452 g/mol. The van der Waals surface area contributed by atoms with Gasteiger partial charge in [0.1, 0.15) is 5.60 Å². The molecule has 1 saturated heterocycles. The molecule has 1 saturated carbocycles. The Kier molecular flexibility index (Phi) is 10.7. The van der Waals surface area contributed by atoms with Gasteiger partial charge in [-0.2, -0.15) is 0 Å². The average molecular weight is 497 g/mol. The Labute approximate surface area is 209 Å². The zero-order chi connectivity index (χ0) is 26.2. The lowest BCUT2D eigenvalue weighted by Gasteiger charge is -2.38. The fraction of sp³-hybridized carbons (Fsp3) is 0.846. The van der Waals surface area contributed by atoms with Crippen LogP contribution in [0, 0.1) is 17.3 Å². The van der Waals surface area contributed by atoms with E-state index >= 15 is 0 Å². The van der Waals surface area contributed by atoms with Gasteiger partial charge in [0.25, 0.3) is 0 Å². The molecule has 0 bridgehead atoms. The Hall–Kier alpha value is -2.00. The third-order valence-corrected chi connectivity index (χ3v) is 7.03. The first kappa shape index (κ1) is 29.2. The fourth-order valence-corrected chi connectivity index (χ4v) is 5.47. The van der Waals surface area contributed by atoms with Gasteiger partial charge in [0.2, 0.25) is 5.41 Å². The van der Waals surface area contributed by atoms with Gasteiger partial charge in [-0.1, -0.05) is 32.1 Å². The van der Waals surface area contributed by atoms with Gasteiger partial charge < -0.3 is 25.3 Å². The minimum Gasteiger partial charge on any atom is -0.465 e. The van der Waals surface area contributed by atoms with Crippen LogP contribution in [0.2, 0.25) is 0 Å². The third-order valence-electron chi connectivity index (χ3n) is 7.03. The summed E-state index contributed by atoms with van der Waals surface area (Å²) in [6, 6.07) is -2.02. The molecule has 0 aromatic carbocycles. The standard InChI is InChI=1S/C26H44N2O7/c1-6-33-23(31)26(24(32)34-7-2,19(27)13-14-20(29)35-25(3,4)5)22(30)21-18(15-16-28-21)17-11-9-8-10-12-17/h17-19,21,28H,6-16,27H2,1-5H3/t18?,19?,21-/m0/s1. The maximum atomic E-state index is 14.2. The fourth-order valence-electron chi connectivity index (χ4n) is 5.47. The Morgan fingerprint density at radius 2 is 1.51 bits per heavy atom. The normalized spacial score (nSPS) is 22.3. The van der Waals surface area contributed by atoms with E-state index in [0.717, 1.165) is 32.1 Å². The van der Waals surface area contributed by atoms with E-state index < -0.39 is 46.8 Å². The predicted molar refractivity (Wildman–Crippen MR) is 130 cm³/mol. The van der Waals surface area contributed by atoms with Crippen molar-refractivity contribution >= 4 is 23.7 Å². The summed E-state index contributed by atoms with van der Waals surface area (Å²) in [7, 11) is 0. The Morgan fingerprint density at radius 3 is 2.03 bits per heavy atom. The van der Waals surface area contributed by atoms with E-state index in [1.54, 1.807) is 34.6 Å². The molecule has 9 heteroatoms. The van der Waals surface area contributed by atoms with Crippen LogP contribution in [0.15, 0.2) is 0 Å². The number of nitrogens with two attached hydrogens (primary N) is 1. The van der Waals surface area contributed by atoms with Gasteiger partial charge in [-0.25, -0.2) is 0 Å². The number of carbonyl (C=O) groups is 4. The Morgan fingerprint density at radius 1 is 0.943 bits per heavy atom. The van der Waals surface area contributed by atoms with Gasteiger partial charge in [-0.15, -0.1) is 0 Å². The average Bonchev–Trinajstić information content (AvgIpc) is 3.28. The van der Waals surface area contributed by atoms with Gasteiger partial charge in [0, 0.05) is 12.5 Å². The largest absolute Gasteiger partial charge is 0.465 e. The van der Waals surface area contributed by atoms with Gasteiger partial charge in [0.15, 0.2) is 5.78 Å². The molecule has 2 rings (SSSR count). The molecule has 0 radical (unpaired) electrons. The number of ketones is 1. The first-order chi connectivity index (χ1) is 16.5. The molecule has 1 aliphatic carbocycles. The molecule has 0 amide bonds. The van der Waals surface area contributed by atoms with Crippen molar-refractivity contribution in [2.24, 2.45) is 23.0 Å². The number of nitrogens with one attached hydrogen (secondary N) is 1. The summed E-state index contributed by atoms with van der Waals surface area (Å²) in [5, 5.41) is 3.24. The molecule has 3 N–H and O–H groups in total. The highest BCUT2D eigenvalue weighted by Gasteiger charge is 2.62. The van der Waals surface area contributed by atoms with Crippen LogP contribution in [0.3, 0.4) is 0 Å². The zero-order valence-electron chi connectivity index (χ0n) is 22.0. The molecule has 9 nitrogen and oxygen atoms in total. The summed E-state index contributed by atoms with van der Waals surface area (Å²) in [4.78, 5) is 53.4. The summed E-state index contributed by atoms with van der Waals surface area (Å²) in [5.41, 5.74) is 3.41. The minimum atomic E-state index is -2.36. The topological polar surface area (TPSA) is 134 Å². The van der Waals surface area contributed by atoms with E-state index in [2.05, 4.69) is 5.32 Å². The number of ether oxygens (including phenoxy) is 3. The smallest absolute Gasteiger partial charge is 0.332 e. The van der Waals surface area contributed by atoms with Crippen molar-refractivity contribution in [1.82, 2.24) is 5.32 Å². The molecule has 1 aliphatic heterocycles. The van der Waals surface area contributed by atoms with Gasteiger partial charge in [-0.3, -0.25) is 19.2 Å². The second-order valence-corrected chi connectivity index (χ2v) is 10.6. The van der Waals surface area contributed by atoms with Crippen LogP contribution in [0.1, 0.15) is 86.0 Å². The van der Waals surface area contributed by atoms with Crippen molar-refractivity contribution < 1.29 is 33.4 Å². The third kappa shape index (κ3) is 7.03. The van der Waals surface area contributed by atoms with Crippen LogP contribution in [0.25, 0.3) is 0 Å². The summed E-state index contributed by atoms with van der Waals surface area (Å²) in [5.74, 6) is -2.83. The number of carbonyl (C=O) groups excluding carboxylic acids is 4. The van der Waals surface area contributed by atoms with E-state index in [1.807, 2.05) is 0 Å². The zero-order valence-corrected chi connectivity index (χ0v) is 22.0. The predicted octanol–water partition coefficient (Wildman–Crippen LogP) is 2.68. The quantitative estimate of drug-likeness (QED) is 0.251. The molecule has 0 aromatic heterocycles. The molecule has 2 unspecified atom stereocenters. The highest BCUT2D eigenvalue weighted by molar-refractivity contribution is 6.22. The van der Waals surface area contributed by atoms with Gasteiger partial charge in [-0.05, 0) is 65.8 Å². The summed E-state index contributed by atoms with van der Waals surface area (Å²) in [6.07, 6.45) is 5.96. The molecule has 2 aliphatic rings. The number of rotatable bonds is 11. The minimum absolute atomic E-state index is 0.00378. The first-order valence-electron chi connectivity index (χ1n) is 13.1. The Bertz CT molecular complexity index is 737. The van der Waals surface area contributed by atoms with Crippen molar-refractivity contribution in [2.45, 2.75) is 104 Å². The molecular formula is C26H44N2O7. The number of Topliss-reactive ketones (excluding diaryl/α,β-unsaturated/α-hetero) is 1. The van der Waals surface area contributed by atoms with Gasteiger partial charge >= 0.3 is 17.9 Å². The molecule has 3 atom stereocenters. The van der Waals surface area contributed by atoms with Crippen LogP contribution in [-0.2, 0) is 33.4 Å². The lowest BCUT2D eigenvalue weighted by atomic mass is 9.67. The van der Waals surface area contributed by atoms with E-state index in [0.29, 0.717) is 12.5 Å². The van der Waals surface area contributed by atoms with Crippen LogP contribution in [0.4, 0.5) is 0 Å². The second kappa shape index (κ2) is 12.8. The van der Waals surface area contributed by atoms with Crippen LogP contribution in [0.5, 0.6) is 0 Å². The van der Waals surface area contributed by atoms with Crippen molar-refractivity contribution in [3.63, 3.8) is 0 Å². The summed E-state index contributed by atoms with van der Waals surface area (Å²) in [6.45, 7) is 8.98. The number of hydrogen-bond acceptors (Lipinski definition) is 9. The molecule has 200 valence electrons. The van der Waals surface area contributed by atoms with E-state index in [9.17, 15) is 19.2 Å². The molecule has 0 spiro atoms. The van der Waals surface area contributed by atoms with Crippen molar-refractivity contribution in [3.05, 3.63) is 0 Å². The second-order valence-electron chi connectivity index (χ2n) is 10.6. The molecule has 2 fully saturated rings. The van der Waals surface area contributed by atoms with Crippen LogP contribution >= 0.6 is 0 Å². The number of hydrogen-bond donors (Lipinski definition) is 2. The number of esters is 3. The lowest BCUT2D eigenvalue weighted by Crippen LogP contribution is -2.64. The van der Waals surface area contributed by atoms with Crippen molar-refractivity contribution in [1.29, 1.82) is 0 Å². The van der Waals surface area contributed by atoms with E-state index in [-0.39, 0.29) is 32.0 Å². The monoisotopic (exact) mass is 496 g/mol. The highest BCUT2D eigenvalue weighted by Crippen LogP contribution is 2.40. The summed E-state index contributed by atoms with van der Waals surface area (Å²) >= 11 is 0. The maximum Gasteiger partial charge on any atom is 0.332 e. The van der Waals surface area contributed by atoms with Crippen molar-refractivity contribution in [3.8, 4) is 0 Å².